The normalized spacial score (nSPS) is 15.1. The van der Waals surface area contributed by atoms with Gasteiger partial charge >= 0.3 is 0 Å². The van der Waals surface area contributed by atoms with Crippen molar-refractivity contribution < 1.29 is 8.42 Å². The molecule has 2 unspecified atom stereocenters. The highest BCUT2D eigenvalue weighted by Crippen LogP contribution is 2.17. The Hall–Kier alpha value is -0.950. The number of hydrogen-bond donors (Lipinski definition) is 2. The van der Waals surface area contributed by atoms with Gasteiger partial charge in [0.2, 0.25) is 10.0 Å². The van der Waals surface area contributed by atoms with Crippen LogP contribution in [0.1, 0.15) is 32.4 Å². The third-order valence-corrected chi connectivity index (χ3v) is 4.76. The second-order valence-electron chi connectivity index (χ2n) is 5.64. The van der Waals surface area contributed by atoms with Crippen LogP contribution < -0.4 is 10.0 Å². The molecule has 0 amide bonds. The summed E-state index contributed by atoms with van der Waals surface area (Å²) in [5, 5.41) is 3.29. The highest BCUT2D eigenvalue weighted by Gasteiger charge is 2.18. The lowest BCUT2D eigenvalue weighted by atomic mass is 10.1. The Balaban J connectivity index is 2.91. The van der Waals surface area contributed by atoms with E-state index in [1.807, 2.05) is 45.8 Å². The molecule has 0 saturated heterocycles. The molecule has 2 atom stereocenters. The van der Waals surface area contributed by atoms with Crippen molar-refractivity contribution in [2.45, 2.75) is 37.8 Å². The van der Waals surface area contributed by atoms with Gasteiger partial charge in [0.05, 0.1) is 4.90 Å². The SMILES string of the molecule is CCNC(C)c1cccc(S(=O)(=O)NC(C)CN(C)C)c1. The van der Waals surface area contributed by atoms with Crippen molar-refractivity contribution in [3.63, 3.8) is 0 Å². The molecule has 0 spiro atoms. The van der Waals surface area contributed by atoms with Crippen molar-refractivity contribution in [1.29, 1.82) is 0 Å². The fraction of sp³-hybridized carbons (Fsp3) is 0.600. The summed E-state index contributed by atoms with van der Waals surface area (Å²) in [5.74, 6) is 0. The average Bonchev–Trinajstić information content (AvgIpc) is 2.37. The fourth-order valence-electron chi connectivity index (χ4n) is 2.29. The third-order valence-electron chi connectivity index (χ3n) is 3.17. The first-order valence-corrected chi connectivity index (χ1v) is 8.75. The monoisotopic (exact) mass is 313 g/mol. The van der Waals surface area contributed by atoms with Crippen LogP contribution in [-0.2, 0) is 10.0 Å². The number of nitrogens with one attached hydrogen (secondary N) is 2. The predicted molar refractivity (Wildman–Crippen MR) is 86.9 cm³/mol. The summed E-state index contributed by atoms with van der Waals surface area (Å²) in [6.45, 7) is 7.42. The van der Waals surface area contributed by atoms with E-state index >= 15 is 0 Å². The first-order chi connectivity index (χ1) is 9.76. The van der Waals surface area contributed by atoms with E-state index in [-0.39, 0.29) is 12.1 Å². The van der Waals surface area contributed by atoms with Gasteiger partial charge in [-0.05, 0) is 52.2 Å². The van der Waals surface area contributed by atoms with Gasteiger partial charge in [0.1, 0.15) is 0 Å². The lowest BCUT2D eigenvalue weighted by Gasteiger charge is -2.19. The molecule has 0 heterocycles. The van der Waals surface area contributed by atoms with E-state index in [0.717, 1.165) is 12.1 Å². The fourth-order valence-corrected chi connectivity index (χ4v) is 3.58. The zero-order valence-corrected chi connectivity index (χ0v) is 14.4. The van der Waals surface area contributed by atoms with E-state index in [2.05, 4.69) is 10.0 Å². The summed E-state index contributed by atoms with van der Waals surface area (Å²) in [7, 11) is 0.360. The van der Waals surface area contributed by atoms with Crippen LogP contribution in [0.2, 0.25) is 0 Å². The van der Waals surface area contributed by atoms with Gasteiger partial charge < -0.3 is 10.2 Å². The number of sulfonamides is 1. The number of rotatable bonds is 8. The molecule has 21 heavy (non-hydrogen) atoms. The van der Waals surface area contributed by atoms with Gasteiger partial charge in [-0.3, -0.25) is 0 Å². The lowest BCUT2D eigenvalue weighted by Crippen LogP contribution is -2.39. The Bertz CT molecular complexity index is 544. The molecular weight excluding hydrogens is 286 g/mol. The molecule has 1 rings (SSSR count). The van der Waals surface area contributed by atoms with Gasteiger partial charge in [0, 0.05) is 18.6 Å². The van der Waals surface area contributed by atoms with Gasteiger partial charge in [-0.15, -0.1) is 0 Å². The molecule has 0 aliphatic heterocycles. The van der Waals surface area contributed by atoms with Crippen LogP contribution in [0.4, 0.5) is 0 Å². The van der Waals surface area contributed by atoms with Gasteiger partial charge in [-0.25, -0.2) is 13.1 Å². The van der Waals surface area contributed by atoms with Crippen LogP contribution in [0.3, 0.4) is 0 Å². The molecule has 6 heteroatoms. The number of nitrogens with zero attached hydrogens (tertiary/aromatic N) is 1. The Kier molecular flexibility index (Phi) is 6.80. The first-order valence-electron chi connectivity index (χ1n) is 7.26. The van der Waals surface area contributed by atoms with E-state index in [9.17, 15) is 8.42 Å². The molecule has 0 fully saturated rings. The molecule has 5 nitrogen and oxygen atoms in total. The first kappa shape index (κ1) is 18.1. The molecule has 1 aromatic carbocycles. The highest BCUT2D eigenvalue weighted by atomic mass is 32.2. The minimum Gasteiger partial charge on any atom is -0.310 e. The van der Waals surface area contributed by atoms with Gasteiger partial charge in [-0.2, -0.15) is 0 Å². The molecule has 0 bridgehead atoms. The molecule has 120 valence electrons. The summed E-state index contributed by atoms with van der Waals surface area (Å²) in [6, 6.07) is 7.08. The van der Waals surface area contributed by atoms with E-state index < -0.39 is 10.0 Å². The van der Waals surface area contributed by atoms with Crippen molar-refractivity contribution in [2.75, 3.05) is 27.2 Å². The highest BCUT2D eigenvalue weighted by molar-refractivity contribution is 7.89. The van der Waals surface area contributed by atoms with Crippen LogP contribution in [0.5, 0.6) is 0 Å². The van der Waals surface area contributed by atoms with Crippen molar-refractivity contribution in [3.8, 4) is 0 Å². The average molecular weight is 313 g/mol. The van der Waals surface area contributed by atoms with Crippen molar-refractivity contribution in [3.05, 3.63) is 29.8 Å². The predicted octanol–water partition coefficient (Wildman–Crippen LogP) is 1.59. The molecule has 2 N–H and O–H groups in total. The van der Waals surface area contributed by atoms with Crippen molar-refractivity contribution in [2.24, 2.45) is 0 Å². The van der Waals surface area contributed by atoms with Crippen LogP contribution in [0.25, 0.3) is 0 Å². The van der Waals surface area contributed by atoms with E-state index in [1.165, 1.54) is 0 Å². The Labute approximate surface area is 128 Å². The minimum absolute atomic E-state index is 0.129. The standard InChI is InChI=1S/C15H27N3O2S/c1-6-16-13(3)14-8-7-9-15(10-14)21(19,20)17-12(2)11-18(4)5/h7-10,12-13,16-17H,6,11H2,1-5H3. The zero-order chi connectivity index (χ0) is 16.0. The molecular formula is C15H27N3O2S. The van der Waals surface area contributed by atoms with Crippen LogP contribution in [0, 0.1) is 0 Å². The number of benzene rings is 1. The van der Waals surface area contributed by atoms with Crippen molar-refractivity contribution in [1.82, 2.24) is 14.9 Å². The van der Waals surface area contributed by atoms with E-state index in [4.69, 9.17) is 0 Å². The maximum Gasteiger partial charge on any atom is 0.240 e. The third kappa shape index (κ3) is 5.74. The maximum atomic E-state index is 12.4. The Morgan fingerprint density at radius 2 is 1.90 bits per heavy atom. The molecule has 0 saturated carbocycles. The summed E-state index contributed by atoms with van der Waals surface area (Å²) in [4.78, 5) is 2.27. The van der Waals surface area contributed by atoms with Gasteiger partial charge in [0.15, 0.2) is 0 Å². The maximum absolute atomic E-state index is 12.4. The zero-order valence-electron chi connectivity index (χ0n) is 13.6. The molecule has 0 radical (unpaired) electrons. The number of likely N-dealkylation sites (N-methyl/N-ethyl adjacent to an activating group) is 1. The minimum atomic E-state index is -3.48. The second-order valence-corrected chi connectivity index (χ2v) is 7.35. The molecule has 0 aliphatic rings. The van der Waals surface area contributed by atoms with Crippen LogP contribution >= 0.6 is 0 Å². The van der Waals surface area contributed by atoms with Crippen molar-refractivity contribution >= 4 is 10.0 Å². The summed E-state index contributed by atoms with van der Waals surface area (Å²) in [5.41, 5.74) is 0.972. The van der Waals surface area contributed by atoms with Crippen LogP contribution in [-0.4, -0.2) is 46.5 Å². The largest absolute Gasteiger partial charge is 0.310 e. The second kappa shape index (κ2) is 7.89. The summed E-state index contributed by atoms with van der Waals surface area (Å²) in [6.07, 6.45) is 0. The lowest BCUT2D eigenvalue weighted by molar-refractivity contribution is 0.370. The summed E-state index contributed by atoms with van der Waals surface area (Å²) >= 11 is 0. The molecule has 1 aromatic rings. The van der Waals surface area contributed by atoms with Gasteiger partial charge in [-0.1, -0.05) is 19.1 Å². The van der Waals surface area contributed by atoms with Gasteiger partial charge in [0.25, 0.3) is 0 Å². The molecule has 0 aromatic heterocycles. The topological polar surface area (TPSA) is 61.4 Å². The Morgan fingerprint density at radius 1 is 1.24 bits per heavy atom. The van der Waals surface area contributed by atoms with Crippen LogP contribution in [0.15, 0.2) is 29.2 Å². The van der Waals surface area contributed by atoms with E-state index in [1.54, 1.807) is 18.2 Å². The quantitative estimate of drug-likeness (QED) is 0.765. The molecule has 0 aliphatic carbocycles. The number of hydrogen-bond acceptors (Lipinski definition) is 4. The Morgan fingerprint density at radius 3 is 2.48 bits per heavy atom. The summed E-state index contributed by atoms with van der Waals surface area (Å²) < 4.78 is 27.5. The smallest absolute Gasteiger partial charge is 0.240 e. The van der Waals surface area contributed by atoms with E-state index in [0.29, 0.717) is 11.4 Å².